The number of amides is 2. The van der Waals surface area contributed by atoms with Crippen LogP contribution in [0.3, 0.4) is 0 Å². The first-order valence-corrected chi connectivity index (χ1v) is 19.0. The van der Waals surface area contributed by atoms with E-state index in [4.69, 9.17) is 21.1 Å². The van der Waals surface area contributed by atoms with Crippen molar-refractivity contribution in [3.63, 3.8) is 0 Å². The van der Waals surface area contributed by atoms with E-state index in [1.54, 1.807) is 9.36 Å². The number of halogens is 2. The highest BCUT2D eigenvalue weighted by Gasteiger charge is 2.29. The monoisotopic (exact) mass is 827 g/mol. The number of tetrazole rings is 1. The van der Waals surface area contributed by atoms with Crippen molar-refractivity contribution in [3.8, 4) is 23.1 Å². The fraction of sp³-hybridized carbons (Fsp3) is 0.357. The van der Waals surface area contributed by atoms with Gasteiger partial charge in [0.25, 0.3) is 10.0 Å². The first kappa shape index (κ1) is 39.8. The predicted molar refractivity (Wildman–Crippen MR) is 191 cm³/mol. The van der Waals surface area contributed by atoms with Gasteiger partial charge in [0.15, 0.2) is 5.03 Å². The second-order valence-electron chi connectivity index (χ2n) is 10.7. The molecular formula is C28H31ClFN13O8S3. The third-order valence-corrected chi connectivity index (χ3v) is 10.9. The first-order chi connectivity index (χ1) is 25.7. The first-order valence-electron chi connectivity index (χ1n) is 15.3. The van der Waals surface area contributed by atoms with Gasteiger partial charge in [0.1, 0.15) is 11.5 Å². The van der Waals surface area contributed by atoms with E-state index in [9.17, 15) is 27.2 Å². The highest BCUT2D eigenvalue weighted by molar-refractivity contribution is 8.00. The Bertz CT molecular complexity index is 2400. The molecule has 0 saturated heterocycles. The molecule has 0 atom stereocenters. The summed E-state index contributed by atoms with van der Waals surface area (Å²) in [5, 5.41) is 17.3. The van der Waals surface area contributed by atoms with Crippen LogP contribution in [0.25, 0.3) is 11.4 Å². The Hall–Kier alpha value is -5.40. The number of carbonyl (C=O) groups excluding carboxylic acids is 2. The van der Waals surface area contributed by atoms with Crippen molar-refractivity contribution in [2.24, 2.45) is 19.1 Å². The predicted octanol–water partition coefficient (Wildman–Crippen LogP) is 1.72. The average Bonchev–Trinajstić information content (AvgIpc) is 3.84. The molecule has 288 valence electrons. The summed E-state index contributed by atoms with van der Waals surface area (Å²) in [6, 6.07) is 2.92. The van der Waals surface area contributed by atoms with E-state index in [2.05, 4.69) is 45.5 Å². The van der Waals surface area contributed by atoms with Crippen molar-refractivity contribution in [3.05, 3.63) is 49.7 Å². The zero-order valence-electron chi connectivity index (χ0n) is 29.0. The van der Waals surface area contributed by atoms with Crippen LogP contribution in [0.5, 0.6) is 11.8 Å². The van der Waals surface area contributed by atoms with Gasteiger partial charge in [0.2, 0.25) is 28.3 Å². The van der Waals surface area contributed by atoms with E-state index < -0.39 is 27.8 Å². The standard InChI is InChI=1S/C15H15ClFN3O3S2.C13H16N10O5S/c1-23-13(21)8-24-12-7-11(10(17)6-9(12)16)18-14-19-4-2-3-5-20(19)15(22)25-14;1-22-11(7(6-14-22)10-18-21-23(2)19-10)29(25,26)20-13(24)17-12-15-8(27-3)5-9(16-12)28-4/h6-7H,2-5,8H2,1H3;5-6H,1-4H3,(H2,15,16,17,20,24). The molecule has 21 nitrogen and oxygen atoms in total. The molecule has 54 heavy (non-hydrogen) atoms. The summed E-state index contributed by atoms with van der Waals surface area (Å²) < 4.78 is 60.6. The summed E-state index contributed by atoms with van der Waals surface area (Å²) in [4.78, 5) is 49.7. The maximum Gasteiger partial charge on any atom is 0.335 e. The van der Waals surface area contributed by atoms with Crippen LogP contribution >= 0.6 is 34.7 Å². The summed E-state index contributed by atoms with van der Waals surface area (Å²) >= 11 is 8.17. The highest BCUT2D eigenvalue weighted by atomic mass is 35.5. The van der Waals surface area contributed by atoms with Crippen molar-refractivity contribution in [2.75, 3.05) is 32.4 Å². The van der Waals surface area contributed by atoms with E-state index in [0.29, 0.717) is 22.8 Å². The number of hydrogen-bond acceptors (Lipinski definition) is 17. The average molecular weight is 828 g/mol. The normalized spacial score (nSPS) is 12.7. The lowest BCUT2D eigenvalue weighted by Crippen LogP contribution is -2.36. The Kier molecular flexibility index (Phi) is 12.7. The number of nitrogens with one attached hydrogen (secondary N) is 2. The number of rotatable bonds is 10. The molecule has 5 heterocycles. The molecule has 0 saturated carbocycles. The lowest BCUT2D eigenvalue weighted by molar-refractivity contribution is -0.137. The number of benzene rings is 1. The summed E-state index contributed by atoms with van der Waals surface area (Å²) in [5.74, 6) is -0.903. The minimum absolute atomic E-state index is 0.0299. The third-order valence-electron chi connectivity index (χ3n) is 7.12. The molecule has 1 aliphatic rings. The van der Waals surface area contributed by atoms with Crippen molar-refractivity contribution >= 4 is 68.4 Å². The van der Waals surface area contributed by atoms with Crippen LogP contribution in [0.15, 0.2) is 44.1 Å². The molecule has 0 fully saturated rings. The Morgan fingerprint density at radius 1 is 1.07 bits per heavy atom. The summed E-state index contributed by atoms with van der Waals surface area (Å²) in [6.45, 7) is 1.32. The fourth-order valence-corrected chi connectivity index (χ4v) is 7.90. The SMILES string of the molecule is COC(=O)CSc1cc(N=c2sc(=O)n3n2CCCC3)c(F)cc1Cl.COc1cc(OC)nc(NC(=O)NS(=O)(=O)c2c(-c3nnn(C)n3)cnn2C)n1. The van der Waals surface area contributed by atoms with Gasteiger partial charge in [-0.05, 0) is 41.5 Å². The number of aryl methyl sites for hydroxylation is 2. The van der Waals surface area contributed by atoms with Crippen LogP contribution in [-0.4, -0.2) is 96.8 Å². The smallest absolute Gasteiger partial charge is 0.335 e. The quantitative estimate of drug-likeness (QED) is 0.150. The molecule has 0 spiro atoms. The van der Waals surface area contributed by atoms with Crippen molar-refractivity contribution in [1.82, 2.24) is 54.0 Å². The summed E-state index contributed by atoms with van der Waals surface area (Å²) in [5.41, 5.74) is 0.152. The molecule has 0 unspecified atom stereocenters. The number of anilines is 1. The minimum Gasteiger partial charge on any atom is -0.481 e. The van der Waals surface area contributed by atoms with Gasteiger partial charge in [0, 0.05) is 25.0 Å². The number of nitrogens with zero attached hydrogens (tertiary/aromatic N) is 11. The number of urea groups is 1. The van der Waals surface area contributed by atoms with Gasteiger partial charge in [-0.25, -0.2) is 23.6 Å². The largest absolute Gasteiger partial charge is 0.481 e. The summed E-state index contributed by atoms with van der Waals surface area (Å²) in [7, 11) is 2.57. The molecule has 4 aromatic heterocycles. The Morgan fingerprint density at radius 2 is 1.76 bits per heavy atom. The molecule has 5 aromatic rings. The Balaban J connectivity index is 0.000000210. The van der Waals surface area contributed by atoms with Crippen LogP contribution in [0, 0.1) is 5.82 Å². The van der Waals surface area contributed by atoms with Gasteiger partial charge in [-0.15, -0.1) is 22.0 Å². The number of esters is 1. The Morgan fingerprint density at radius 3 is 2.39 bits per heavy atom. The zero-order valence-corrected chi connectivity index (χ0v) is 32.2. The highest BCUT2D eigenvalue weighted by Crippen LogP contribution is 2.33. The van der Waals surface area contributed by atoms with Crippen LogP contribution in [0.4, 0.5) is 20.8 Å². The van der Waals surface area contributed by atoms with Gasteiger partial charge in [-0.1, -0.05) is 11.6 Å². The van der Waals surface area contributed by atoms with Gasteiger partial charge in [0.05, 0.1) is 57.0 Å². The number of aromatic nitrogens is 10. The minimum atomic E-state index is -4.36. The lowest BCUT2D eigenvalue weighted by atomic mass is 10.3. The fourth-order valence-electron chi connectivity index (χ4n) is 4.69. The maximum absolute atomic E-state index is 14.3. The second kappa shape index (κ2) is 17.2. The number of carbonyl (C=O) groups is 2. The molecule has 0 radical (unpaired) electrons. The number of sulfonamides is 1. The number of fused-ring (bicyclic) bond motifs is 1. The second-order valence-corrected chi connectivity index (χ2v) is 14.7. The number of hydrogen-bond donors (Lipinski definition) is 2. The maximum atomic E-state index is 14.3. The van der Waals surface area contributed by atoms with Gasteiger partial charge in [-0.2, -0.15) is 28.3 Å². The van der Waals surface area contributed by atoms with Crippen LogP contribution in [0.2, 0.25) is 5.02 Å². The van der Waals surface area contributed by atoms with Crippen LogP contribution in [0.1, 0.15) is 12.8 Å². The van der Waals surface area contributed by atoms with E-state index in [1.807, 2.05) is 4.72 Å². The number of ether oxygens (including phenoxy) is 3. The van der Waals surface area contributed by atoms with Gasteiger partial charge in [-0.3, -0.25) is 24.3 Å². The molecule has 2 N–H and O–H groups in total. The molecule has 0 aliphatic carbocycles. The summed E-state index contributed by atoms with van der Waals surface area (Å²) in [6.07, 6.45) is 3.14. The number of thioether (sulfide) groups is 1. The van der Waals surface area contributed by atoms with E-state index in [-0.39, 0.29) is 55.5 Å². The zero-order chi connectivity index (χ0) is 39.2. The van der Waals surface area contributed by atoms with Crippen molar-refractivity contribution in [2.45, 2.75) is 35.9 Å². The van der Waals surface area contributed by atoms with E-state index >= 15 is 0 Å². The molecular weight excluding hydrogens is 797 g/mol. The van der Waals surface area contributed by atoms with Crippen LogP contribution < -0.4 is 29.2 Å². The third kappa shape index (κ3) is 9.39. The van der Waals surface area contributed by atoms with E-state index in [1.165, 1.54) is 53.8 Å². The molecule has 1 aromatic carbocycles. The van der Waals surface area contributed by atoms with Gasteiger partial charge >= 0.3 is 16.9 Å². The van der Waals surface area contributed by atoms with Crippen LogP contribution in [-0.2, 0) is 46.7 Å². The molecule has 0 bridgehead atoms. The topological polar surface area (TPSA) is 247 Å². The van der Waals surface area contributed by atoms with E-state index in [0.717, 1.165) is 51.5 Å². The Labute approximate surface area is 318 Å². The van der Waals surface area contributed by atoms with Gasteiger partial charge < -0.3 is 14.2 Å². The van der Waals surface area contributed by atoms with Crippen molar-refractivity contribution in [1.29, 1.82) is 0 Å². The number of methoxy groups -OCH3 is 3. The lowest BCUT2D eigenvalue weighted by Gasteiger charge is -2.15. The molecule has 26 heteroatoms. The molecule has 1 aliphatic heterocycles. The molecule has 2 amide bonds. The van der Waals surface area contributed by atoms with Crippen molar-refractivity contribution < 1.29 is 36.6 Å². The molecule has 6 rings (SSSR count).